The first-order valence-electron chi connectivity index (χ1n) is 12.3. The highest BCUT2D eigenvalue weighted by molar-refractivity contribution is 8.00. The minimum atomic E-state index is -0.568. The minimum Gasteiger partial charge on any atom is -0.325 e. The number of amides is 3. The van der Waals surface area contributed by atoms with Gasteiger partial charge in [-0.2, -0.15) is 0 Å². The average Bonchev–Trinajstić information content (AvgIpc) is 2.97. The predicted octanol–water partition coefficient (Wildman–Crippen LogP) is 8.10. The van der Waals surface area contributed by atoms with Crippen LogP contribution in [0.4, 0.5) is 11.4 Å². The molecule has 0 aliphatic carbocycles. The molecule has 3 amide bonds. The molecule has 3 N–H and O–H groups in total. The first-order valence-corrected chi connectivity index (χ1v) is 14.4. The van der Waals surface area contributed by atoms with Gasteiger partial charge in [0.15, 0.2) is 0 Å². The van der Waals surface area contributed by atoms with Gasteiger partial charge in [0.1, 0.15) is 5.70 Å². The summed E-state index contributed by atoms with van der Waals surface area (Å²) in [6.07, 6.45) is 1.44. The lowest BCUT2D eigenvalue weighted by molar-refractivity contribution is -0.114. The van der Waals surface area contributed by atoms with Crippen molar-refractivity contribution in [3.8, 4) is 0 Å². The Labute approximate surface area is 257 Å². The van der Waals surface area contributed by atoms with Crippen LogP contribution in [0.3, 0.4) is 0 Å². The number of halogens is 3. The van der Waals surface area contributed by atoms with Crippen molar-refractivity contribution in [1.29, 1.82) is 0 Å². The molecule has 0 aromatic heterocycles. The van der Waals surface area contributed by atoms with Crippen molar-refractivity contribution in [2.45, 2.75) is 11.8 Å². The summed E-state index contributed by atoms with van der Waals surface area (Å²) in [4.78, 5) is 39.4. The number of hydrogen-bond donors (Lipinski definition) is 3. The zero-order chi connectivity index (χ0) is 29.4. The van der Waals surface area contributed by atoms with Crippen LogP contribution in [-0.4, -0.2) is 23.5 Å². The van der Waals surface area contributed by atoms with E-state index in [4.69, 9.17) is 34.8 Å². The number of anilines is 2. The molecule has 6 nitrogen and oxygen atoms in total. The highest BCUT2D eigenvalue weighted by atomic mass is 35.5. The van der Waals surface area contributed by atoms with Gasteiger partial charge in [0.2, 0.25) is 5.91 Å². The third kappa shape index (κ3) is 8.38. The molecule has 0 fully saturated rings. The molecule has 4 aromatic carbocycles. The zero-order valence-corrected chi connectivity index (χ0v) is 24.8. The number of thioether (sulfide) groups is 1. The van der Waals surface area contributed by atoms with E-state index in [-0.39, 0.29) is 17.4 Å². The Bertz CT molecular complexity index is 1590. The molecule has 208 valence electrons. The third-order valence-electron chi connectivity index (χ3n) is 5.84. The van der Waals surface area contributed by atoms with Crippen molar-refractivity contribution in [2.24, 2.45) is 0 Å². The Kier molecular flexibility index (Phi) is 10.5. The maximum Gasteiger partial charge on any atom is 0.272 e. The van der Waals surface area contributed by atoms with Gasteiger partial charge in [-0.15, -0.1) is 11.8 Å². The standard InChI is InChI=1S/C31H24Cl3N3O3S/c1-19-24(32)9-6-12-27(19)36-29(38)18-41-22-15-13-21(14-16-22)35-31(40)28(17-23-25(33)10-5-11-26(23)34)37-30(39)20-7-3-2-4-8-20/h2-17H,18H2,1H3,(H,35,40)(H,36,38)(H,37,39)/b28-17-. The maximum atomic E-state index is 13.3. The second-order valence-electron chi connectivity index (χ2n) is 8.74. The van der Waals surface area contributed by atoms with Crippen molar-refractivity contribution < 1.29 is 14.4 Å². The number of rotatable bonds is 9. The summed E-state index contributed by atoms with van der Waals surface area (Å²) < 4.78 is 0. The van der Waals surface area contributed by atoms with E-state index < -0.39 is 11.8 Å². The normalized spacial score (nSPS) is 11.1. The van der Waals surface area contributed by atoms with E-state index in [1.807, 2.05) is 6.92 Å². The van der Waals surface area contributed by atoms with Crippen LogP contribution in [0.2, 0.25) is 15.1 Å². The molecule has 4 rings (SSSR count). The first-order chi connectivity index (χ1) is 19.7. The van der Waals surface area contributed by atoms with Crippen molar-refractivity contribution in [2.75, 3.05) is 16.4 Å². The Hall–Kier alpha value is -3.75. The summed E-state index contributed by atoms with van der Waals surface area (Å²) in [7, 11) is 0. The summed E-state index contributed by atoms with van der Waals surface area (Å²) in [5, 5.41) is 9.55. The lowest BCUT2D eigenvalue weighted by Gasteiger charge is -2.13. The molecule has 0 radical (unpaired) electrons. The Morgan fingerprint density at radius 2 is 1.39 bits per heavy atom. The summed E-state index contributed by atoms with van der Waals surface area (Å²) in [5.41, 5.74) is 2.70. The van der Waals surface area contributed by atoms with Crippen molar-refractivity contribution in [3.63, 3.8) is 0 Å². The van der Waals surface area contributed by atoms with Gasteiger partial charge in [0, 0.05) is 42.5 Å². The fourth-order valence-electron chi connectivity index (χ4n) is 3.65. The highest BCUT2D eigenvalue weighted by Crippen LogP contribution is 2.27. The quantitative estimate of drug-likeness (QED) is 0.130. The van der Waals surface area contributed by atoms with Crippen LogP contribution < -0.4 is 16.0 Å². The van der Waals surface area contributed by atoms with E-state index in [1.165, 1.54) is 17.8 Å². The van der Waals surface area contributed by atoms with Crippen LogP contribution in [0.5, 0.6) is 0 Å². The first kappa shape index (κ1) is 30.2. The molecule has 0 unspecified atom stereocenters. The summed E-state index contributed by atoms with van der Waals surface area (Å²) in [5.74, 6) is -1.01. The summed E-state index contributed by atoms with van der Waals surface area (Å²) in [6, 6.07) is 25.8. The van der Waals surface area contributed by atoms with Crippen LogP contribution in [0, 0.1) is 6.92 Å². The molecule has 10 heteroatoms. The van der Waals surface area contributed by atoms with E-state index in [0.29, 0.717) is 37.6 Å². The number of nitrogens with one attached hydrogen (secondary N) is 3. The monoisotopic (exact) mass is 623 g/mol. The van der Waals surface area contributed by atoms with Gasteiger partial charge in [0.05, 0.1) is 5.75 Å². The number of benzene rings is 4. The van der Waals surface area contributed by atoms with E-state index in [0.717, 1.165) is 10.5 Å². The van der Waals surface area contributed by atoms with Gasteiger partial charge < -0.3 is 16.0 Å². The van der Waals surface area contributed by atoms with Crippen LogP contribution in [-0.2, 0) is 9.59 Å². The smallest absolute Gasteiger partial charge is 0.272 e. The fraction of sp³-hybridized carbons (Fsp3) is 0.0645. The second-order valence-corrected chi connectivity index (χ2v) is 11.0. The van der Waals surface area contributed by atoms with Gasteiger partial charge in [-0.1, -0.05) is 65.1 Å². The number of carbonyl (C=O) groups is 3. The minimum absolute atomic E-state index is 0.0414. The van der Waals surface area contributed by atoms with Crippen LogP contribution in [0.25, 0.3) is 6.08 Å². The third-order valence-corrected chi connectivity index (χ3v) is 7.92. The van der Waals surface area contributed by atoms with Crippen molar-refractivity contribution in [3.05, 3.63) is 128 Å². The molecule has 0 saturated carbocycles. The summed E-state index contributed by atoms with van der Waals surface area (Å²) >= 11 is 20.1. The van der Waals surface area contributed by atoms with Crippen molar-refractivity contribution in [1.82, 2.24) is 5.32 Å². The average molecular weight is 625 g/mol. The van der Waals surface area contributed by atoms with Gasteiger partial charge >= 0.3 is 0 Å². The molecule has 0 bridgehead atoms. The summed E-state index contributed by atoms with van der Waals surface area (Å²) in [6.45, 7) is 1.84. The molecular formula is C31H24Cl3N3O3S. The van der Waals surface area contributed by atoms with Crippen LogP contribution in [0.1, 0.15) is 21.5 Å². The van der Waals surface area contributed by atoms with E-state index in [9.17, 15) is 14.4 Å². The van der Waals surface area contributed by atoms with E-state index in [1.54, 1.807) is 91.0 Å². The molecule has 0 spiro atoms. The highest BCUT2D eigenvalue weighted by Gasteiger charge is 2.17. The van der Waals surface area contributed by atoms with Crippen LogP contribution >= 0.6 is 46.6 Å². The number of carbonyl (C=O) groups excluding carboxylic acids is 3. The Balaban J connectivity index is 1.44. The lowest BCUT2D eigenvalue weighted by Crippen LogP contribution is -2.30. The van der Waals surface area contributed by atoms with Gasteiger partial charge in [-0.05, 0) is 79.2 Å². The molecule has 0 heterocycles. The van der Waals surface area contributed by atoms with Crippen LogP contribution in [0.15, 0.2) is 102 Å². The van der Waals surface area contributed by atoms with Gasteiger partial charge in [-0.25, -0.2) is 0 Å². The van der Waals surface area contributed by atoms with Gasteiger partial charge in [0.25, 0.3) is 11.8 Å². The molecule has 41 heavy (non-hydrogen) atoms. The second kappa shape index (κ2) is 14.2. The molecule has 0 atom stereocenters. The predicted molar refractivity (Wildman–Crippen MR) is 169 cm³/mol. The topological polar surface area (TPSA) is 87.3 Å². The number of hydrogen-bond acceptors (Lipinski definition) is 4. The van der Waals surface area contributed by atoms with E-state index >= 15 is 0 Å². The SMILES string of the molecule is Cc1c(Cl)cccc1NC(=O)CSc1ccc(NC(=O)/C(=C/c2c(Cl)cccc2Cl)NC(=O)c2ccccc2)cc1. The largest absolute Gasteiger partial charge is 0.325 e. The zero-order valence-electron chi connectivity index (χ0n) is 21.7. The molecular weight excluding hydrogens is 601 g/mol. The Morgan fingerprint density at radius 3 is 2.07 bits per heavy atom. The van der Waals surface area contributed by atoms with Gasteiger partial charge in [-0.3, -0.25) is 14.4 Å². The Morgan fingerprint density at radius 1 is 0.756 bits per heavy atom. The molecule has 0 aliphatic heterocycles. The molecule has 0 aliphatic rings. The van der Waals surface area contributed by atoms with E-state index in [2.05, 4.69) is 16.0 Å². The lowest BCUT2D eigenvalue weighted by atomic mass is 10.1. The molecule has 0 saturated heterocycles. The maximum absolute atomic E-state index is 13.3. The molecule has 4 aromatic rings. The fourth-order valence-corrected chi connectivity index (χ4v) is 5.03. The van der Waals surface area contributed by atoms with Crippen molar-refractivity contribution >= 4 is 81.7 Å².